The van der Waals surface area contributed by atoms with E-state index in [-0.39, 0.29) is 5.56 Å². The molecule has 0 unspecified atom stereocenters. The highest BCUT2D eigenvalue weighted by molar-refractivity contribution is 7.98. The fraction of sp³-hybridized carbons (Fsp3) is 0.0714. The number of hydrogen-bond donors (Lipinski definition) is 1. The van der Waals surface area contributed by atoms with E-state index in [2.05, 4.69) is 0 Å². The topological polar surface area (TPSA) is 49.8 Å². The van der Waals surface area contributed by atoms with Gasteiger partial charge >= 0.3 is 0 Å². The summed E-state index contributed by atoms with van der Waals surface area (Å²) in [4.78, 5) is 0.902. The molecule has 2 nitrogen and oxygen atoms in total. The molecule has 0 amide bonds. The molecule has 0 aromatic heterocycles. The van der Waals surface area contributed by atoms with E-state index in [1.165, 1.54) is 17.8 Å². The summed E-state index contributed by atoms with van der Waals surface area (Å²) in [6, 6.07) is 11.7. The van der Waals surface area contributed by atoms with Crippen LogP contribution < -0.4 is 5.73 Å². The normalized spacial score (nSPS) is 10.2. The van der Waals surface area contributed by atoms with E-state index in [0.717, 1.165) is 10.5 Å². The lowest BCUT2D eigenvalue weighted by Crippen LogP contribution is -1.88. The van der Waals surface area contributed by atoms with Crippen LogP contribution in [-0.4, -0.2) is 0 Å². The molecule has 0 heterocycles. The molecule has 2 N–H and O–H groups in total. The van der Waals surface area contributed by atoms with Crippen molar-refractivity contribution >= 4 is 29.1 Å². The van der Waals surface area contributed by atoms with Crippen LogP contribution in [0.2, 0.25) is 5.02 Å². The summed E-state index contributed by atoms with van der Waals surface area (Å²) >= 11 is 7.58. The molecule has 0 fully saturated rings. The Kier molecular flexibility index (Phi) is 4.31. The van der Waals surface area contributed by atoms with Gasteiger partial charge in [0.2, 0.25) is 0 Å². The molecule has 0 aliphatic heterocycles. The van der Waals surface area contributed by atoms with Crippen molar-refractivity contribution in [2.24, 2.45) is 0 Å². The highest BCUT2D eigenvalue weighted by Gasteiger charge is 2.05. The monoisotopic (exact) mass is 292 g/mol. The van der Waals surface area contributed by atoms with Crippen LogP contribution in [0.4, 0.5) is 10.1 Å². The minimum atomic E-state index is -0.498. The zero-order valence-corrected chi connectivity index (χ0v) is 11.4. The Bertz CT molecular complexity index is 652. The predicted molar refractivity (Wildman–Crippen MR) is 76.5 cm³/mol. The third-order valence-corrected chi connectivity index (χ3v) is 4.07. The number of nitriles is 1. The number of nitrogens with two attached hydrogens (primary N) is 1. The standard InChI is InChI=1S/C14H10ClFN2S/c15-12-6-11(18)2-4-14(12)19-8-9-1-3-13(16)10(5-9)7-17/h1-6H,8,18H2. The molecule has 2 rings (SSSR count). The first-order valence-corrected chi connectivity index (χ1v) is 6.83. The lowest BCUT2D eigenvalue weighted by Gasteiger charge is -2.06. The average molecular weight is 293 g/mol. The lowest BCUT2D eigenvalue weighted by molar-refractivity contribution is 0.623. The molecule has 0 aliphatic rings. The number of thioether (sulfide) groups is 1. The molecule has 96 valence electrons. The molecule has 0 radical (unpaired) electrons. The van der Waals surface area contributed by atoms with Gasteiger partial charge in [-0.1, -0.05) is 17.7 Å². The second-order valence-electron chi connectivity index (χ2n) is 3.90. The van der Waals surface area contributed by atoms with Crippen molar-refractivity contribution in [3.8, 4) is 6.07 Å². The summed E-state index contributed by atoms with van der Waals surface area (Å²) in [6.07, 6.45) is 0. The van der Waals surface area contributed by atoms with E-state index in [9.17, 15) is 4.39 Å². The molecule has 2 aromatic carbocycles. The molecule has 5 heteroatoms. The van der Waals surface area contributed by atoms with Crippen molar-refractivity contribution in [1.29, 1.82) is 5.26 Å². The smallest absolute Gasteiger partial charge is 0.140 e. The van der Waals surface area contributed by atoms with E-state index in [4.69, 9.17) is 22.6 Å². The van der Waals surface area contributed by atoms with Crippen molar-refractivity contribution in [1.82, 2.24) is 0 Å². The van der Waals surface area contributed by atoms with Crippen molar-refractivity contribution < 1.29 is 4.39 Å². The second-order valence-corrected chi connectivity index (χ2v) is 5.33. The van der Waals surface area contributed by atoms with E-state index < -0.39 is 5.82 Å². The van der Waals surface area contributed by atoms with Crippen LogP contribution in [0.1, 0.15) is 11.1 Å². The Morgan fingerprint density at radius 1 is 1.26 bits per heavy atom. The van der Waals surface area contributed by atoms with Gasteiger partial charge in [-0.2, -0.15) is 5.26 Å². The minimum Gasteiger partial charge on any atom is -0.399 e. The SMILES string of the molecule is N#Cc1cc(CSc2ccc(N)cc2Cl)ccc1F. The average Bonchev–Trinajstić information content (AvgIpc) is 2.39. The quantitative estimate of drug-likeness (QED) is 0.680. The van der Waals surface area contributed by atoms with E-state index in [1.807, 2.05) is 12.1 Å². The lowest BCUT2D eigenvalue weighted by atomic mass is 10.1. The third-order valence-electron chi connectivity index (χ3n) is 2.50. The first kappa shape index (κ1) is 13.7. The van der Waals surface area contributed by atoms with Crippen molar-refractivity contribution in [3.63, 3.8) is 0 Å². The Labute approximate surface area is 120 Å². The molecule has 19 heavy (non-hydrogen) atoms. The van der Waals surface area contributed by atoms with Gasteiger partial charge in [0.15, 0.2) is 0 Å². The molecule has 2 aromatic rings. The van der Waals surface area contributed by atoms with Gasteiger partial charge in [-0.15, -0.1) is 11.8 Å². The summed E-state index contributed by atoms with van der Waals surface area (Å²) in [6.45, 7) is 0. The van der Waals surface area contributed by atoms with Crippen LogP contribution in [0.5, 0.6) is 0 Å². The van der Waals surface area contributed by atoms with Crippen molar-refractivity contribution in [2.75, 3.05) is 5.73 Å². The van der Waals surface area contributed by atoms with Gasteiger partial charge in [0, 0.05) is 16.3 Å². The minimum absolute atomic E-state index is 0.0569. The summed E-state index contributed by atoms with van der Waals surface area (Å²) < 4.78 is 13.2. The number of benzene rings is 2. The van der Waals surface area contributed by atoms with E-state index in [0.29, 0.717) is 16.5 Å². The van der Waals surface area contributed by atoms with Crippen LogP contribution in [0.15, 0.2) is 41.3 Å². The summed E-state index contributed by atoms with van der Waals surface area (Å²) in [5.41, 5.74) is 7.16. The molecular weight excluding hydrogens is 283 g/mol. The molecule has 0 bridgehead atoms. The second kappa shape index (κ2) is 5.96. The molecular formula is C14H10ClFN2S. The van der Waals surface area contributed by atoms with Gasteiger partial charge in [0.1, 0.15) is 11.9 Å². The molecule has 0 saturated carbocycles. The Hall–Kier alpha value is -1.70. The maximum absolute atomic E-state index is 13.2. The van der Waals surface area contributed by atoms with Gasteiger partial charge in [-0.25, -0.2) is 4.39 Å². The van der Waals surface area contributed by atoms with Gasteiger partial charge in [-0.3, -0.25) is 0 Å². The number of nitrogens with zero attached hydrogens (tertiary/aromatic N) is 1. The first-order chi connectivity index (χ1) is 9.10. The maximum atomic E-state index is 13.2. The fourth-order valence-corrected chi connectivity index (χ4v) is 2.76. The maximum Gasteiger partial charge on any atom is 0.140 e. The largest absolute Gasteiger partial charge is 0.399 e. The third kappa shape index (κ3) is 3.40. The Morgan fingerprint density at radius 2 is 2.05 bits per heavy atom. The van der Waals surface area contributed by atoms with Crippen molar-refractivity contribution in [2.45, 2.75) is 10.6 Å². The highest BCUT2D eigenvalue weighted by Crippen LogP contribution is 2.31. The number of nitrogen functional groups attached to an aromatic ring is 1. The zero-order valence-electron chi connectivity index (χ0n) is 9.86. The number of anilines is 1. The predicted octanol–water partition coefficient (Wildman–Crippen LogP) is 4.23. The fourth-order valence-electron chi connectivity index (χ4n) is 1.54. The van der Waals surface area contributed by atoms with Gasteiger partial charge < -0.3 is 5.73 Å². The summed E-state index contributed by atoms with van der Waals surface area (Å²) in [5, 5.41) is 9.36. The van der Waals surface area contributed by atoms with Crippen LogP contribution in [0, 0.1) is 17.1 Å². The molecule has 0 aliphatic carbocycles. The molecule has 0 atom stereocenters. The summed E-state index contributed by atoms with van der Waals surface area (Å²) in [5.74, 6) is 0.111. The summed E-state index contributed by atoms with van der Waals surface area (Å²) in [7, 11) is 0. The van der Waals surface area contributed by atoms with Gasteiger partial charge in [-0.05, 0) is 35.9 Å². The first-order valence-electron chi connectivity index (χ1n) is 5.46. The zero-order chi connectivity index (χ0) is 13.8. The number of halogens is 2. The molecule has 0 spiro atoms. The van der Waals surface area contributed by atoms with E-state index >= 15 is 0 Å². The highest BCUT2D eigenvalue weighted by atomic mass is 35.5. The van der Waals surface area contributed by atoms with Crippen molar-refractivity contribution in [3.05, 3.63) is 58.4 Å². The Morgan fingerprint density at radius 3 is 2.74 bits per heavy atom. The van der Waals surface area contributed by atoms with E-state index in [1.54, 1.807) is 24.3 Å². The van der Waals surface area contributed by atoms with Crippen LogP contribution in [-0.2, 0) is 5.75 Å². The Balaban J connectivity index is 2.13. The van der Waals surface area contributed by atoms with Gasteiger partial charge in [0.05, 0.1) is 10.6 Å². The number of rotatable bonds is 3. The van der Waals surface area contributed by atoms with Crippen LogP contribution in [0.25, 0.3) is 0 Å². The van der Waals surface area contributed by atoms with Gasteiger partial charge in [0.25, 0.3) is 0 Å². The van der Waals surface area contributed by atoms with Crippen LogP contribution >= 0.6 is 23.4 Å². The molecule has 0 saturated heterocycles. The number of hydrogen-bond acceptors (Lipinski definition) is 3. The van der Waals surface area contributed by atoms with Crippen LogP contribution in [0.3, 0.4) is 0 Å².